The van der Waals surface area contributed by atoms with Crippen molar-refractivity contribution in [2.24, 2.45) is 0 Å². The second-order valence-electron chi connectivity index (χ2n) is 8.40. The molecule has 0 bridgehead atoms. The number of carbonyl (C=O) groups excluding carboxylic acids is 2. The van der Waals surface area contributed by atoms with Crippen LogP contribution in [0.2, 0.25) is 0 Å². The summed E-state index contributed by atoms with van der Waals surface area (Å²) in [6.07, 6.45) is 1.15. The Morgan fingerprint density at radius 3 is 2.09 bits per heavy atom. The molecule has 1 aromatic heterocycles. The minimum absolute atomic E-state index is 0.117. The molecule has 4 rings (SSSR count). The lowest BCUT2D eigenvalue weighted by Crippen LogP contribution is -2.36. The van der Waals surface area contributed by atoms with E-state index in [1.54, 1.807) is 65.6 Å². The van der Waals surface area contributed by atoms with Crippen molar-refractivity contribution in [3.8, 4) is 0 Å². The van der Waals surface area contributed by atoms with E-state index in [1.165, 1.54) is 17.4 Å². The first kappa shape index (κ1) is 24.7. The maximum Gasteiger partial charge on any atom is 0.260 e. The number of para-hydroxylation sites is 1. The molecule has 0 aliphatic heterocycles. The summed E-state index contributed by atoms with van der Waals surface area (Å²) < 4.78 is 25.2. The number of amides is 1. The van der Waals surface area contributed by atoms with E-state index in [0.29, 0.717) is 45.1 Å². The van der Waals surface area contributed by atoms with Gasteiger partial charge in [0.15, 0.2) is 20.8 Å². The summed E-state index contributed by atoms with van der Waals surface area (Å²) >= 11 is 1.27. The summed E-state index contributed by atoms with van der Waals surface area (Å²) in [5, 5.41) is 0.424. The van der Waals surface area contributed by atoms with Crippen molar-refractivity contribution in [1.29, 1.82) is 0 Å². The van der Waals surface area contributed by atoms with Gasteiger partial charge >= 0.3 is 0 Å². The smallest absolute Gasteiger partial charge is 0.260 e. The van der Waals surface area contributed by atoms with Gasteiger partial charge in [0.2, 0.25) is 0 Å². The Kier molecular flexibility index (Phi) is 7.11. The zero-order chi connectivity index (χ0) is 25.2. The molecule has 0 N–H and O–H groups in total. The molecule has 0 spiro atoms. The van der Waals surface area contributed by atoms with Gasteiger partial charge in [0.1, 0.15) is 5.52 Å². The van der Waals surface area contributed by atoms with E-state index in [4.69, 9.17) is 0 Å². The van der Waals surface area contributed by atoms with Crippen LogP contribution in [0.3, 0.4) is 0 Å². The lowest BCUT2D eigenvalue weighted by molar-refractivity contribution is 0.0982. The molecular weight excluding hydrogens is 482 g/mol. The highest BCUT2D eigenvalue weighted by atomic mass is 32.2. The third-order valence-corrected chi connectivity index (χ3v) is 7.62. The quantitative estimate of drug-likeness (QED) is 0.333. The number of sulfone groups is 1. The number of ketones is 1. The standard InChI is InChI=1S/C26H25N3O4S2/c1-28(2)16-17-29(26-27-23-21(34-26)10-7-11-22(23)35(3,32)33)25(31)20-14-12-19(13-15-20)24(30)18-8-5-4-6-9-18/h4-15H,16-17H2,1-3H3. The summed E-state index contributed by atoms with van der Waals surface area (Å²) in [6.45, 7) is 0.954. The molecular formula is C26H25N3O4S2. The van der Waals surface area contributed by atoms with Crippen LogP contribution in [0.4, 0.5) is 5.13 Å². The van der Waals surface area contributed by atoms with Gasteiger partial charge < -0.3 is 4.90 Å². The van der Waals surface area contributed by atoms with Crippen molar-refractivity contribution >= 4 is 48.2 Å². The topological polar surface area (TPSA) is 87.7 Å². The number of hydrogen-bond acceptors (Lipinski definition) is 7. The van der Waals surface area contributed by atoms with Gasteiger partial charge in [-0.05, 0) is 38.4 Å². The third-order valence-electron chi connectivity index (χ3n) is 5.45. The van der Waals surface area contributed by atoms with Crippen molar-refractivity contribution in [3.63, 3.8) is 0 Å². The van der Waals surface area contributed by atoms with Crippen LogP contribution in [0.5, 0.6) is 0 Å². The van der Waals surface area contributed by atoms with Gasteiger partial charge in [0.05, 0.1) is 9.60 Å². The van der Waals surface area contributed by atoms with Crippen molar-refractivity contribution in [1.82, 2.24) is 9.88 Å². The number of thiazole rings is 1. The summed E-state index contributed by atoms with van der Waals surface area (Å²) in [6, 6.07) is 20.5. The summed E-state index contributed by atoms with van der Waals surface area (Å²) in [7, 11) is 0.344. The molecule has 7 nitrogen and oxygen atoms in total. The Hall–Kier alpha value is -3.40. The van der Waals surface area contributed by atoms with E-state index in [2.05, 4.69) is 4.98 Å². The predicted molar refractivity (Wildman–Crippen MR) is 139 cm³/mol. The highest BCUT2D eigenvalue weighted by Gasteiger charge is 2.24. The molecule has 3 aromatic carbocycles. The van der Waals surface area contributed by atoms with Crippen LogP contribution in [-0.4, -0.2) is 63.4 Å². The Labute approximate surface area is 208 Å². The SMILES string of the molecule is CN(C)CCN(C(=O)c1ccc(C(=O)c2ccccc2)cc1)c1nc2c(S(C)(=O)=O)cccc2s1. The molecule has 1 amide bonds. The largest absolute Gasteiger partial charge is 0.308 e. The van der Waals surface area contributed by atoms with E-state index < -0.39 is 9.84 Å². The Bertz CT molecular complexity index is 1480. The first-order chi connectivity index (χ1) is 16.6. The first-order valence-electron chi connectivity index (χ1n) is 10.9. The van der Waals surface area contributed by atoms with E-state index in [1.807, 2.05) is 25.1 Å². The lowest BCUT2D eigenvalue weighted by atomic mass is 10.0. The number of rotatable bonds is 8. The van der Waals surface area contributed by atoms with Crippen LogP contribution in [-0.2, 0) is 9.84 Å². The number of fused-ring (bicyclic) bond motifs is 1. The van der Waals surface area contributed by atoms with Gasteiger partial charge in [-0.2, -0.15) is 0 Å². The summed E-state index contributed by atoms with van der Waals surface area (Å²) in [5.41, 5.74) is 1.85. The number of nitrogens with zero attached hydrogens (tertiary/aromatic N) is 3. The van der Waals surface area contributed by atoms with Gasteiger partial charge in [0.25, 0.3) is 5.91 Å². The maximum absolute atomic E-state index is 13.5. The van der Waals surface area contributed by atoms with Gasteiger partial charge in [-0.1, -0.05) is 59.9 Å². The Balaban J connectivity index is 1.68. The van der Waals surface area contributed by atoms with Gasteiger partial charge in [-0.25, -0.2) is 13.4 Å². The molecule has 1 heterocycles. The van der Waals surface area contributed by atoms with Crippen LogP contribution in [0.1, 0.15) is 26.3 Å². The summed E-state index contributed by atoms with van der Waals surface area (Å²) in [5.74, 6) is -0.390. The molecule has 180 valence electrons. The number of hydrogen-bond donors (Lipinski definition) is 0. The van der Waals surface area contributed by atoms with E-state index in [-0.39, 0.29) is 16.6 Å². The Morgan fingerprint density at radius 2 is 1.46 bits per heavy atom. The van der Waals surface area contributed by atoms with Gasteiger partial charge in [-0.15, -0.1) is 0 Å². The number of likely N-dealkylation sites (N-methyl/N-ethyl adjacent to an activating group) is 1. The molecule has 0 radical (unpaired) electrons. The minimum atomic E-state index is -3.48. The average molecular weight is 508 g/mol. The molecule has 0 unspecified atom stereocenters. The lowest BCUT2D eigenvalue weighted by Gasteiger charge is -2.22. The second kappa shape index (κ2) is 10.1. The van der Waals surface area contributed by atoms with Crippen LogP contribution in [0.25, 0.3) is 10.2 Å². The normalized spacial score (nSPS) is 11.7. The zero-order valence-electron chi connectivity index (χ0n) is 19.6. The predicted octanol–water partition coefficient (Wildman–Crippen LogP) is 4.14. The van der Waals surface area contributed by atoms with E-state index in [9.17, 15) is 18.0 Å². The van der Waals surface area contributed by atoms with Crippen LogP contribution in [0.15, 0.2) is 77.7 Å². The summed E-state index contributed by atoms with van der Waals surface area (Å²) in [4.78, 5) is 34.5. The second-order valence-corrected chi connectivity index (χ2v) is 11.4. The first-order valence-corrected chi connectivity index (χ1v) is 13.6. The maximum atomic E-state index is 13.5. The van der Waals surface area contributed by atoms with Gasteiger partial charge in [-0.3, -0.25) is 14.5 Å². The van der Waals surface area contributed by atoms with Crippen molar-refractivity contribution in [2.75, 3.05) is 38.3 Å². The van der Waals surface area contributed by atoms with E-state index >= 15 is 0 Å². The average Bonchev–Trinajstić information content (AvgIpc) is 3.27. The van der Waals surface area contributed by atoms with E-state index in [0.717, 1.165) is 6.26 Å². The molecule has 0 aliphatic rings. The fourth-order valence-corrected chi connectivity index (χ4v) is 5.50. The molecule has 35 heavy (non-hydrogen) atoms. The highest BCUT2D eigenvalue weighted by molar-refractivity contribution is 7.91. The fourth-order valence-electron chi connectivity index (χ4n) is 3.59. The number of benzene rings is 3. The zero-order valence-corrected chi connectivity index (χ0v) is 21.3. The van der Waals surface area contributed by atoms with Crippen molar-refractivity contribution < 1.29 is 18.0 Å². The van der Waals surface area contributed by atoms with Gasteiger partial charge in [0, 0.05) is 36.0 Å². The number of carbonyl (C=O) groups is 2. The van der Waals surface area contributed by atoms with Crippen LogP contribution < -0.4 is 4.90 Å². The minimum Gasteiger partial charge on any atom is -0.308 e. The number of anilines is 1. The fraction of sp³-hybridized carbons (Fsp3) is 0.192. The molecule has 0 saturated carbocycles. The molecule has 0 fully saturated rings. The monoisotopic (exact) mass is 507 g/mol. The molecule has 0 atom stereocenters. The molecule has 0 saturated heterocycles. The third kappa shape index (κ3) is 5.48. The van der Waals surface area contributed by atoms with Crippen molar-refractivity contribution in [2.45, 2.75) is 4.90 Å². The molecule has 9 heteroatoms. The number of aromatic nitrogens is 1. The van der Waals surface area contributed by atoms with Crippen molar-refractivity contribution in [3.05, 3.63) is 89.5 Å². The van der Waals surface area contributed by atoms with Crippen LogP contribution in [0, 0.1) is 0 Å². The van der Waals surface area contributed by atoms with Crippen LogP contribution >= 0.6 is 11.3 Å². The molecule has 4 aromatic rings. The molecule has 0 aliphatic carbocycles. The highest BCUT2D eigenvalue weighted by Crippen LogP contribution is 2.33. The Morgan fingerprint density at radius 1 is 0.829 bits per heavy atom.